The molecular weight excluding hydrogens is 467 g/mol. The molecule has 2 fully saturated rings. The van der Waals surface area contributed by atoms with Crippen LogP contribution in [0.5, 0.6) is 0 Å². The van der Waals surface area contributed by atoms with Crippen molar-refractivity contribution in [1.29, 1.82) is 0 Å². The summed E-state index contributed by atoms with van der Waals surface area (Å²) in [6.45, 7) is 8.57. The number of benzene rings is 1. The number of imidazole rings is 1. The molecule has 0 amide bonds. The highest BCUT2D eigenvalue weighted by Gasteiger charge is 2.34. The first-order valence-corrected chi connectivity index (χ1v) is 13.0. The number of H-pyrrole nitrogens is 1. The second-order valence-corrected chi connectivity index (χ2v) is 10.2. The van der Waals surface area contributed by atoms with Crippen LogP contribution in [0.15, 0.2) is 48.9 Å². The Bertz CT molecular complexity index is 1060. The number of anilines is 1. The Labute approximate surface area is 211 Å². The van der Waals surface area contributed by atoms with E-state index < -0.39 is 0 Å². The normalized spacial score (nSPS) is 20.7. The van der Waals surface area contributed by atoms with Crippen molar-refractivity contribution in [2.24, 2.45) is 0 Å². The fourth-order valence-corrected chi connectivity index (χ4v) is 5.79. The van der Waals surface area contributed by atoms with E-state index in [9.17, 15) is 0 Å². The van der Waals surface area contributed by atoms with E-state index in [2.05, 4.69) is 43.7 Å². The molecule has 2 aromatic heterocycles. The lowest BCUT2D eigenvalue weighted by atomic mass is 9.98. The number of aromatic nitrogens is 3. The fourth-order valence-electron chi connectivity index (χ4n) is 5.38. The van der Waals surface area contributed by atoms with Gasteiger partial charge in [-0.1, -0.05) is 42.3 Å². The van der Waals surface area contributed by atoms with Gasteiger partial charge in [-0.2, -0.15) is 0 Å². The van der Waals surface area contributed by atoms with Crippen molar-refractivity contribution in [2.75, 3.05) is 37.6 Å². The Balaban J connectivity index is 1.18. The average molecular weight is 499 g/mol. The van der Waals surface area contributed by atoms with Gasteiger partial charge in [-0.25, -0.2) is 9.97 Å². The molecular formula is C26H32Cl2N6. The quantitative estimate of drug-likeness (QED) is 0.496. The Kier molecular flexibility index (Phi) is 7.40. The minimum atomic E-state index is 0.518. The van der Waals surface area contributed by atoms with Gasteiger partial charge in [-0.05, 0) is 56.1 Å². The highest BCUT2D eigenvalue weighted by Crippen LogP contribution is 2.31. The molecule has 4 heterocycles. The van der Waals surface area contributed by atoms with Crippen LogP contribution in [0.25, 0.3) is 11.4 Å². The Morgan fingerprint density at radius 2 is 1.82 bits per heavy atom. The van der Waals surface area contributed by atoms with Gasteiger partial charge in [0.25, 0.3) is 0 Å². The lowest BCUT2D eigenvalue weighted by molar-refractivity contribution is 0.0610. The number of pyridine rings is 1. The van der Waals surface area contributed by atoms with Crippen molar-refractivity contribution in [3.8, 4) is 11.4 Å². The van der Waals surface area contributed by atoms with Crippen LogP contribution in [-0.2, 0) is 6.54 Å². The Morgan fingerprint density at radius 3 is 2.50 bits per heavy atom. The first-order chi connectivity index (χ1) is 16.6. The summed E-state index contributed by atoms with van der Waals surface area (Å²) in [7, 11) is 0. The third-order valence-electron chi connectivity index (χ3n) is 7.24. The van der Waals surface area contributed by atoms with Crippen molar-refractivity contribution in [2.45, 2.75) is 44.8 Å². The van der Waals surface area contributed by atoms with Crippen LogP contribution >= 0.6 is 23.2 Å². The zero-order chi connectivity index (χ0) is 23.5. The minimum absolute atomic E-state index is 0.518. The molecule has 0 unspecified atom stereocenters. The van der Waals surface area contributed by atoms with E-state index in [1.807, 2.05) is 30.6 Å². The van der Waals surface area contributed by atoms with Crippen LogP contribution in [0.1, 0.15) is 31.7 Å². The van der Waals surface area contributed by atoms with Crippen molar-refractivity contribution in [1.82, 2.24) is 24.8 Å². The molecule has 5 rings (SSSR count). The largest absolute Gasteiger partial charge is 0.353 e. The maximum Gasteiger partial charge on any atom is 0.147 e. The number of hydrogen-bond acceptors (Lipinski definition) is 5. The predicted octanol–water partition coefficient (Wildman–Crippen LogP) is 5.34. The molecule has 8 heteroatoms. The number of aromatic amines is 1. The molecule has 1 aromatic carbocycles. The summed E-state index contributed by atoms with van der Waals surface area (Å²) < 4.78 is 0. The predicted molar refractivity (Wildman–Crippen MR) is 140 cm³/mol. The van der Waals surface area contributed by atoms with E-state index in [0.29, 0.717) is 17.1 Å². The van der Waals surface area contributed by atoms with E-state index in [1.54, 1.807) is 6.20 Å². The lowest BCUT2D eigenvalue weighted by Gasteiger charge is -2.47. The van der Waals surface area contributed by atoms with Crippen molar-refractivity contribution in [3.05, 3.63) is 64.5 Å². The zero-order valence-electron chi connectivity index (χ0n) is 19.6. The summed E-state index contributed by atoms with van der Waals surface area (Å²) in [4.78, 5) is 19.8. The van der Waals surface area contributed by atoms with Crippen molar-refractivity contribution in [3.63, 3.8) is 0 Å². The summed E-state index contributed by atoms with van der Waals surface area (Å²) in [5.74, 6) is 1.67. The zero-order valence-corrected chi connectivity index (χ0v) is 21.1. The first kappa shape index (κ1) is 23.6. The lowest BCUT2D eigenvalue weighted by Crippen LogP contribution is -2.58. The van der Waals surface area contributed by atoms with Crippen LogP contribution in [0.2, 0.25) is 10.0 Å². The van der Waals surface area contributed by atoms with Gasteiger partial charge in [0.05, 0.1) is 5.02 Å². The summed E-state index contributed by atoms with van der Waals surface area (Å²) in [5.41, 5.74) is 2.25. The first-order valence-electron chi connectivity index (χ1n) is 12.2. The molecule has 6 nitrogen and oxygen atoms in total. The average Bonchev–Trinajstić information content (AvgIpc) is 3.41. The summed E-state index contributed by atoms with van der Waals surface area (Å²) in [6, 6.07) is 11.4. The monoisotopic (exact) mass is 498 g/mol. The highest BCUT2D eigenvalue weighted by atomic mass is 35.5. The number of nitrogens with one attached hydrogen (secondary N) is 1. The van der Waals surface area contributed by atoms with Gasteiger partial charge in [0.15, 0.2) is 0 Å². The van der Waals surface area contributed by atoms with Crippen molar-refractivity contribution >= 4 is 29.0 Å². The molecule has 1 N–H and O–H groups in total. The molecule has 34 heavy (non-hydrogen) atoms. The smallest absolute Gasteiger partial charge is 0.147 e. The maximum absolute atomic E-state index is 6.67. The third-order valence-corrected chi connectivity index (χ3v) is 7.77. The molecule has 3 aromatic rings. The van der Waals surface area contributed by atoms with Crippen LogP contribution in [0.4, 0.5) is 5.82 Å². The van der Waals surface area contributed by atoms with Gasteiger partial charge in [-0.15, -0.1) is 0 Å². The molecule has 1 atom stereocenters. The highest BCUT2D eigenvalue weighted by molar-refractivity contribution is 6.33. The molecule has 0 aliphatic carbocycles. The number of piperazine rings is 1. The van der Waals surface area contributed by atoms with Gasteiger partial charge < -0.3 is 9.88 Å². The topological polar surface area (TPSA) is 51.3 Å². The molecule has 0 radical (unpaired) electrons. The van der Waals surface area contributed by atoms with Crippen LogP contribution in [0.3, 0.4) is 0 Å². The number of piperidine rings is 1. The van der Waals surface area contributed by atoms with Gasteiger partial charge in [0.2, 0.25) is 0 Å². The summed E-state index contributed by atoms with van der Waals surface area (Å²) >= 11 is 12.7. The summed E-state index contributed by atoms with van der Waals surface area (Å²) in [6.07, 6.45) is 8.99. The Morgan fingerprint density at radius 1 is 1.03 bits per heavy atom. The second-order valence-electron chi connectivity index (χ2n) is 9.35. The number of rotatable bonds is 6. The van der Waals surface area contributed by atoms with E-state index in [1.165, 1.54) is 18.4 Å². The van der Waals surface area contributed by atoms with Gasteiger partial charge >= 0.3 is 0 Å². The number of hydrogen-bond donors (Lipinski definition) is 1. The molecule has 180 valence electrons. The van der Waals surface area contributed by atoms with E-state index in [0.717, 1.165) is 67.9 Å². The van der Waals surface area contributed by atoms with E-state index in [4.69, 9.17) is 28.2 Å². The second kappa shape index (κ2) is 10.6. The number of likely N-dealkylation sites (tertiary alicyclic amines) is 1. The molecule has 2 aliphatic rings. The summed E-state index contributed by atoms with van der Waals surface area (Å²) in [5, 5.41) is 1.49. The number of nitrogens with zero attached hydrogens (tertiary/aromatic N) is 5. The SMILES string of the molecule is CC[C@H]1CN(c2ncc(-c3ncc[nH]3)cc2Cl)CCN1C1CCN(Cc2ccc(Cl)cc2)CC1. The molecule has 0 saturated carbocycles. The maximum atomic E-state index is 6.67. The van der Waals surface area contributed by atoms with Gasteiger partial charge in [0, 0.05) is 67.4 Å². The van der Waals surface area contributed by atoms with Gasteiger partial charge in [0.1, 0.15) is 11.6 Å². The van der Waals surface area contributed by atoms with E-state index in [-0.39, 0.29) is 0 Å². The van der Waals surface area contributed by atoms with Gasteiger partial charge in [-0.3, -0.25) is 9.80 Å². The van der Waals surface area contributed by atoms with Crippen LogP contribution < -0.4 is 4.90 Å². The minimum Gasteiger partial charge on any atom is -0.353 e. The molecule has 2 aliphatic heterocycles. The third kappa shape index (κ3) is 5.25. The Hall–Kier alpha value is -2.12. The molecule has 2 saturated heterocycles. The fraction of sp³-hybridized carbons (Fsp3) is 0.462. The standard InChI is InChI=1S/C26H32Cl2N6/c1-2-22-18-33(26-24(28)15-20(16-31-26)25-29-9-10-30-25)13-14-34(22)23-7-11-32(12-8-23)17-19-3-5-21(27)6-4-19/h3-6,9-10,15-16,22-23H,2,7-8,11-14,17-18H2,1H3,(H,29,30)/t22-/m0/s1. The van der Waals surface area contributed by atoms with E-state index >= 15 is 0 Å². The van der Waals surface area contributed by atoms with Crippen molar-refractivity contribution < 1.29 is 0 Å². The number of halogens is 2. The van der Waals surface area contributed by atoms with Crippen LogP contribution in [-0.4, -0.2) is 69.6 Å². The molecule has 0 spiro atoms. The molecule has 0 bridgehead atoms. The van der Waals surface area contributed by atoms with Crippen LogP contribution in [0, 0.1) is 0 Å².